The van der Waals surface area contributed by atoms with Gasteiger partial charge in [-0.15, -0.1) is 0 Å². The topological polar surface area (TPSA) is 59.1 Å². The van der Waals surface area contributed by atoms with Gasteiger partial charge < -0.3 is 10.5 Å². The summed E-state index contributed by atoms with van der Waals surface area (Å²) < 4.78 is 5.92. The van der Waals surface area contributed by atoms with Crippen molar-refractivity contribution in [1.82, 2.24) is 0 Å². The molecule has 2 aromatic carbocycles. The molecular formula is C16H17ClN2O. The van der Waals surface area contributed by atoms with Crippen LogP contribution in [-0.2, 0) is 6.42 Å². The second-order valence-electron chi connectivity index (χ2n) is 4.57. The number of halogens is 1. The molecule has 0 atom stereocenters. The summed E-state index contributed by atoms with van der Waals surface area (Å²) in [5.41, 5.74) is 8.16. The third kappa shape index (κ3) is 2.94. The Bertz CT molecular complexity index is 653. The first kappa shape index (κ1) is 14.4. The molecule has 3 nitrogen and oxygen atoms in total. The fraction of sp³-hybridized carbons (Fsp3) is 0.188. The summed E-state index contributed by atoms with van der Waals surface area (Å²) in [7, 11) is 0. The highest BCUT2D eigenvalue weighted by atomic mass is 35.5. The summed E-state index contributed by atoms with van der Waals surface area (Å²) in [6, 6.07) is 11.1. The van der Waals surface area contributed by atoms with Crippen molar-refractivity contribution in [2.75, 3.05) is 0 Å². The number of rotatable bonds is 4. The minimum atomic E-state index is -0.00613. The van der Waals surface area contributed by atoms with Crippen LogP contribution in [0.1, 0.15) is 23.6 Å². The normalized spacial score (nSPS) is 10.3. The summed E-state index contributed by atoms with van der Waals surface area (Å²) in [5.74, 6) is 1.31. The Hall–Kier alpha value is -2.00. The highest BCUT2D eigenvalue weighted by Crippen LogP contribution is 2.31. The van der Waals surface area contributed by atoms with E-state index in [2.05, 4.69) is 0 Å². The van der Waals surface area contributed by atoms with E-state index >= 15 is 0 Å². The van der Waals surface area contributed by atoms with Gasteiger partial charge in [0.05, 0.1) is 5.56 Å². The first-order valence-corrected chi connectivity index (χ1v) is 6.81. The molecule has 0 aliphatic heterocycles. The van der Waals surface area contributed by atoms with Crippen LogP contribution >= 0.6 is 11.6 Å². The smallest absolute Gasteiger partial charge is 0.141 e. The largest absolute Gasteiger partial charge is 0.456 e. The Balaban J connectivity index is 2.42. The molecule has 0 unspecified atom stereocenters. The van der Waals surface area contributed by atoms with Crippen molar-refractivity contribution in [3.8, 4) is 11.5 Å². The summed E-state index contributed by atoms with van der Waals surface area (Å²) in [6.45, 7) is 3.97. The molecule has 2 aromatic rings. The van der Waals surface area contributed by atoms with Crippen LogP contribution in [-0.4, -0.2) is 5.84 Å². The molecule has 104 valence electrons. The van der Waals surface area contributed by atoms with Crippen LogP contribution in [0.4, 0.5) is 0 Å². The van der Waals surface area contributed by atoms with E-state index in [1.165, 1.54) is 0 Å². The lowest BCUT2D eigenvalue weighted by Gasteiger charge is -2.14. The van der Waals surface area contributed by atoms with Gasteiger partial charge >= 0.3 is 0 Å². The van der Waals surface area contributed by atoms with Crippen LogP contribution < -0.4 is 10.5 Å². The molecule has 0 aromatic heterocycles. The molecule has 0 saturated carbocycles. The molecule has 0 radical (unpaired) electrons. The number of hydrogen-bond donors (Lipinski definition) is 2. The molecule has 0 bridgehead atoms. The van der Waals surface area contributed by atoms with Gasteiger partial charge in [0.15, 0.2) is 0 Å². The number of amidine groups is 1. The van der Waals surface area contributed by atoms with E-state index in [1.807, 2.05) is 44.2 Å². The number of ether oxygens (including phenoxy) is 1. The van der Waals surface area contributed by atoms with Gasteiger partial charge in [-0.05, 0) is 48.7 Å². The predicted molar refractivity (Wildman–Crippen MR) is 83.1 cm³/mol. The van der Waals surface area contributed by atoms with Crippen molar-refractivity contribution >= 4 is 17.4 Å². The average molecular weight is 289 g/mol. The highest BCUT2D eigenvalue weighted by Gasteiger charge is 2.11. The second-order valence-corrected chi connectivity index (χ2v) is 4.98. The molecule has 0 amide bonds. The van der Waals surface area contributed by atoms with E-state index in [0.717, 1.165) is 22.6 Å². The number of nitrogen functional groups attached to an aromatic ring is 1. The van der Waals surface area contributed by atoms with E-state index < -0.39 is 0 Å². The van der Waals surface area contributed by atoms with Gasteiger partial charge in [0.1, 0.15) is 17.3 Å². The molecule has 0 heterocycles. The molecular weight excluding hydrogens is 272 g/mol. The number of para-hydroxylation sites is 1. The van der Waals surface area contributed by atoms with Crippen molar-refractivity contribution in [2.45, 2.75) is 20.3 Å². The van der Waals surface area contributed by atoms with Crippen LogP contribution in [0.25, 0.3) is 0 Å². The quantitative estimate of drug-likeness (QED) is 0.651. The minimum absolute atomic E-state index is 0.00613. The summed E-state index contributed by atoms with van der Waals surface area (Å²) in [4.78, 5) is 0. The van der Waals surface area contributed by atoms with Crippen molar-refractivity contribution in [3.63, 3.8) is 0 Å². The maximum atomic E-state index is 7.63. The van der Waals surface area contributed by atoms with Crippen molar-refractivity contribution < 1.29 is 4.74 Å². The van der Waals surface area contributed by atoms with E-state index in [4.69, 9.17) is 27.5 Å². The van der Waals surface area contributed by atoms with Gasteiger partial charge in [-0.1, -0.05) is 30.7 Å². The van der Waals surface area contributed by atoms with E-state index in [1.54, 1.807) is 6.07 Å². The SMILES string of the molecule is CCc1cc(Oc2c(C)cccc2C(=N)N)ccc1Cl. The molecule has 0 spiro atoms. The average Bonchev–Trinajstić information content (AvgIpc) is 2.42. The van der Waals surface area contributed by atoms with Gasteiger partial charge in [0.2, 0.25) is 0 Å². The zero-order valence-electron chi connectivity index (χ0n) is 11.5. The number of nitrogens with two attached hydrogens (primary N) is 1. The molecule has 0 aliphatic carbocycles. The molecule has 2 rings (SSSR count). The van der Waals surface area contributed by atoms with Crippen LogP contribution in [0.5, 0.6) is 11.5 Å². The summed E-state index contributed by atoms with van der Waals surface area (Å²) >= 11 is 6.10. The van der Waals surface area contributed by atoms with Crippen molar-refractivity contribution in [3.05, 3.63) is 58.1 Å². The number of benzene rings is 2. The van der Waals surface area contributed by atoms with Gasteiger partial charge in [0, 0.05) is 5.02 Å². The number of hydrogen-bond acceptors (Lipinski definition) is 2. The Labute approximate surface area is 123 Å². The predicted octanol–water partition coefficient (Wildman–Crippen LogP) is 4.29. The number of nitrogens with one attached hydrogen (secondary N) is 1. The molecule has 3 N–H and O–H groups in total. The molecule has 20 heavy (non-hydrogen) atoms. The summed E-state index contributed by atoms with van der Waals surface area (Å²) in [6.07, 6.45) is 0.837. The monoisotopic (exact) mass is 288 g/mol. The van der Waals surface area contributed by atoms with Gasteiger partial charge in [-0.2, -0.15) is 0 Å². The van der Waals surface area contributed by atoms with Gasteiger partial charge in [-0.25, -0.2) is 0 Å². The fourth-order valence-electron chi connectivity index (χ4n) is 2.00. The zero-order valence-corrected chi connectivity index (χ0v) is 12.3. The molecule has 4 heteroatoms. The van der Waals surface area contributed by atoms with E-state index in [-0.39, 0.29) is 5.84 Å². The lowest BCUT2D eigenvalue weighted by atomic mass is 10.1. The van der Waals surface area contributed by atoms with Gasteiger partial charge in [0.25, 0.3) is 0 Å². The Morgan fingerprint density at radius 1 is 1.30 bits per heavy atom. The van der Waals surface area contributed by atoms with Crippen LogP contribution in [0.3, 0.4) is 0 Å². The van der Waals surface area contributed by atoms with E-state index in [9.17, 15) is 0 Å². The standard InChI is InChI=1S/C16H17ClN2O/c1-3-11-9-12(7-8-14(11)17)20-15-10(2)5-4-6-13(15)16(18)19/h4-9H,3H2,1-2H3,(H3,18,19). The maximum Gasteiger partial charge on any atom is 0.141 e. The first-order chi connectivity index (χ1) is 9.52. The molecule has 0 aliphatic rings. The zero-order chi connectivity index (χ0) is 14.7. The Kier molecular flexibility index (Phi) is 4.30. The first-order valence-electron chi connectivity index (χ1n) is 6.43. The van der Waals surface area contributed by atoms with Crippen molar-refractivity contribution in [1.29, 1.82) is 5.41 Å². The maximum absolute atomic E-state index is 7.63. The van der Waals surface area contributed by atoms with Crippen LogP contribution in [0, 0.1) is 12.3 Å². The third-order valence-electron chi connectivity index (χ3n) is 3.12. The Morgan fingerprint density at radius 2 is 2.05 bits per heavy atom. The van der Waals surface area contributed by atoms with E-state index in [0.29, 0.717) is 17.1 Å². The number of aryl methyl sites for hydroxylation is 2. The van der Waals surface area contributed by atoms with Crippen LogP contribution in [0.2, 0.25) is 5.02 Å². The lowest BCUT2D eigenvalue weighted by molar-refractivity contribution is 0.477. The van der Waals surface area contributed by atoms with Crippen LogP contribution in [0.15, 0.2) is 36.4 Å². The summed E-state index contributed by atoms with van der Waals surface area (Å²) in [5, 5.41) is 8.36. The second kappa shape index (κ2) is 5.97. The van der Waals surface area contributed by atoms with Crippen molar-refractivity contribution in [2.24, 2.45) is 5.73 Å². The van der Waals surface area contributed by atoms with Gasteiger partial charge in [-0.3, -0.25) is 5.41 Å². The lowest BCUT2D eigenvalue weighted by Crippen LogP contribution is -2.12. The molecule has 0 saturated heterocycles. The highest BCUT2D eigenvalue weighted by molar-refractivity contribution is 6.31. The third-order valence-corrected chi connectivity index (χ3v) is 3.49. The minimum Gasteiger partial charge on any atom is -0.456 e. The fourth-order valence-corrected chi connectivity index (χ4v) is 2.25. The molecule has 0 fully saturated rings. The Morgan fingerprint density at radius 3 is 2.70 bits per heavy atom.